The first kappa shape index (κ1) is 24.6. The number of benzene rings is 2. The zero-order chi connectivity index (χ0) is 25.2. The maximum atomic E-state index is 13.3. The molecule has 2 aliphatic rings. The number of methoxy groups -OCH3 is 1. The SMILES string of the molecule is COc1ccc([C@H]2C(C#N)=C(SCC(=O)Nc3ccccc3C)NC3=C2C(=O)CC(C)(C)C3)cc1. The van der Waals surface area contributed by atoms with Crippen LogP contribution in [0.4, 0.5) is 5.69 Å². The predicted octanol–water partition coefficient (Wildman–Crippen LogP) is 5.44. The van der Waals surface area contributed by atoms with Crippen molar-refractivity contribution in [2.24, 2.45) is 5.41 Å². The van der Waals surface area contributed by atoms with Gasteiger partial charge in [-0.15, -0.1) is 0 Å². The van der Waals surface area contributed by atoms with Crippen molar-refractivity contribution in [3.05, 3.63) is 81.5 Å². The Balaban J connectivity index is 1.66. The lowest BCUT2D eigenvalue weighted by Gasteiger charge is -2.39. The van der Waals surface area contributed by atoms with Gasteiger partial charge >= 0.3 is 0 Å². The third kappa shape index (κ3) is 5.28. The number of hydrogen-bond donors (Lipinski definition) is 2. The molecule has 180 valence electrons. The number of dihydropyridines is 1. The van der Waals surface area contributed by atoms with E-state index in [1.54, 1.807) is 7.11 Å². The molecule has 1 aliphatic heterocycles. The Morgan fingerprint density at radius 3 is 2.57 bits per heavy atom. The molecule has 4 rings (SSSR count). The van der Waals surface area contributed by atoms with Crippen molar-refractivity contribution < 1.29 is 14.3 Å². The van der Waals surface area contributed by atoms with E-state index in [2.05, 4.69) is 30.6 Å². The lowest BCUT2D eigenvalue weighted by molar-refractivity contribution is -0.118. The maximum Gasteiger partial charge on any atom is 0.234 e. The van der Waals surface area contributed by atoms with Crippen LogP contribution in [0, 0.1) is 23.7 Å². The number of carbonyl (C=O) groups excluding carboxylic acids is 2. The van der Waals surface area contributed by atoms with E-state index in [1.165, 1.54) is 11.8 Å². The first-order valence-electron chi connectivity index (χ1n) is 11.5. The second kappa shape index (κ2) is 10.0. The highest BCUT2D eigenvalue weighted by Crippen LogP contribution is 2.48. The van der Waals surface area contributed by atoms with Gasteiger partial charge in [-0.2, -0.15) is 5.26 Å². The van der Waals surface area contributed by atoms with Crippen LogP contribution in [-0.2, 0) is 9.59 Å². The van der Waals surface area contributed by atoms with E-state index in [9.17, 15) is 14.9 Å². The number of amides is 1. The summed E-state index contributed by atoms with van der Waals surface area (Å²) in [5, 5.41) is 17.1. The Labute approximate surface area is 210 Å². The van der Waals surface area contributed by atoms with Crippen molar-refractivity contribution >= 4 is 29.1 Å². The summed E-state index contributed by atoms with van der Waals surface area (Å²) in [6.45, 7) is 6.09. The van der Waals surface area contributed by atoms with E-state index in [0.29, 0.717) is 34.8 Å². The second-order valence-electron chi connectivity index (χ2n) is 9.67. The number of carbonyl (C=O) groups is 2. The highest BCUT2D eigenvalue weighted by atomic mass is 32.2. The smallest absolute Gasteiger partial charge is 0.234 e. The van der Waals surface area contributed by atoms with Gasteiger partial charge in [0, 0.05) is 23.4 Å². The number of para-hydroxylation sites is 1. The molecule has 0 unspecified atom stereocenters. The van der Waals surface area contributed by atoms with E-state index >= 15 is 0 Å². The largest absolute Gasteiger partial charge is 0.497 e. The molecule has 0 saturated heterocycles. The molecule has 1 aliphatic carbocycles. The fraction of sp³-hybridized carbons (Fsp3) is 0.321. The molecular weight excluding hydrogens is 458 g/mol. The van der Waals surface area contributed by atoms with Crippen LogP contribution < -0.4 is 15.4 Å². The first-order chi connectivity index (χ1) is 16.7. The first-order valence-corrected chi connectivity index (χ1v) is 12.5. The van der Waals surface area contributed by atoms with E-state index in [-0.39, 0.29) is 22.9 Å². The number of thioether (sulfide) groups is 1. The third-order valence-corrected chi connectivity index (χ3v) is 7.36. The van der Waals surface area contributed by atoms with E-state index < -0.39 is 5.92 Å². The van der Waals surface area contributed by atoms with Crippen LogP contribution in [0.3, 0.4) is 0 Å². The van der Waals surface area contributed by atoms with Crippen molar-refractivity contribution in [3.63, 3.8) is 0 Å². The minimum Gasteiger partial charge on any atom is -0.497 e. The molecule has 7 heteroatoms. The zero-order valence-corrected chi connectivity index (χ0v) is 21.2. The van der Waals surface area contributed by atoms with E-state index in [1.807, 2.05) is 55.5 Å². The Hall–Kier alpha value is -3.50. The van der Waals surface area contributed by atoms with Gasteiger partial charge in [0.25, 0.3) is 0 Å². The topological polar surface area (TPSA) is 91.2 Å². The summed E-state index contributed by atoms with van der Waals surface area (Å²) in [7, 11) is 1.60. The lowest BCUT2D eigenvalue weighted by Crippen LogP contribution is -2.37. The molecule has 2 aromatic rings. The predicted molar refractivity (Wildman–Crippen MR) is 139 cm³/mol. The molecule has 1 amide bonds. The van der Waals surface area contributed by atoms with Gasteiger partial charge in [-0.1, -0.05) is 55.9 Å². The fourth-order valence-corrected chi connectivity index (χ4v) is 5.52. The van der Waals surface area contributed by atoms with E-state index in [4.69, 9.17) is 4.74 Å². The fourth-order valence-electron chi connectivity index (χ4n) is 4.66. The molecule has 0 aromatic heterocycles. The number of allylic oxidation sites excluding steroid dienone is 3. The van der Waals surface area contributed by atoms with Crippen LogP contribution in [0.5, 0.6) is 5.75 Å². The molecule has 1 heterocycles. The van der Waals surface area contributed by atoms with Gasteiger partial charge in [-0.25, -0.2) is 0 Å². The van der Waals surface area contributed by atoms with E-state index in [0.717, 1.165) is 22.5 Å². The number of ether oxygens (including phenoxy) is 1. The van der Waals surface area contributed by atoms with Gasteiger partial charge in [0.1, 0.15) is 5.75 Å². The van der Waals surface area contributed by atoms with Gasteiger partial charge in [0.2, 0.25) is 5.91 Å². The molecule has 0 spiro atoms. The molecule has 0 bridgehead atoms. The van der Waals surface area contributed by atoms with Crippen molar-refractivity contribution in [1.82, 2.24) is 5.32 Å². The summed E-state index contributed by atoms with van der Waals surface area (Å²) in [4.78, 5) is 26.0. The van der Waals surface area contributed by atoms with Gasteiger partial charge < -0.3 is 15.4 Å². The number of rotatable bonds is 6. The Kier molecular flexibility index (Phi) is 7.04. The van der Waals surface area contributed by atoms with Gasteiger partial charge in [0.15, 0.2) is 5.78 Å². The van der Waals surface area contributed by atoms with Gasteiger partial charge in [0.05, 0.1) is 35.5 Å². The van der Waals surface area contributed by atoms with Crippen LogP contribution in [0.2, 0.25) is 0 Å². The minimum absolute atomic E-state index is 0.0543. The third-order valence-electron chi connectivity index (χ3n) is 6.34. The summed E-state index contributed by atoms with van der Waals surface area (Å²) in [6, 6.07) is 17.4. The molecule has 0 fully saturated rings. The molecule has 0 saturated carbocycles. The Bertz CT molecular complexity index is 1270. The number of ketones is 1. The molecule has 6 nitrogen and oxygen atoms in total. The maximum absolute atomic E-state index is 13.3. The lowest BCUT2D eigenvalue weighted by atomic mass is 9.69. The zero-order valence-electron chi connectivity index (χ0n) is 20.4. The van der Waals surface area contributed by atoms with Crippen LogP contribution in [-0.4, -0.2) is 24.6 Å². The summed E-state index contributed by atoms with van der Waals surface area (Å²) in [5.74, 6) is 0.262. The number of aryl methyl sites for hydroxylation is 1. The molecule has 1 atom stereocenters. The monoisotopic (exact) mass is 487 g/mol. The number of nitrogens with one attached hydrogen (secondary N) is 2. The minimum atomic E-state index is -0.479. The molecule has 2 N–H and O–H groups in total. The summed E-state index contributed by atoms with van der Waals surface area (Å²) in [6.07, 6.45) is 1.12. The van der Waals surface area contributed by atoms with Crippen LogP contribution in [0.1, 0.15) is 43.7 Å². The van der Waals surface area contributed by atoms with Crippen LogP contribution in [0.25, 0.3) is 0 Å². The Morgan fingerprint density at radius 2 is 1.91 bits per heavy atom. The standard InChI is InChI=1S/C28H29N3O3S/c1-17-7-5-6-8-21(17)30-24(33)16-35-27-20(15-29)25(18-9-11-19(34-4)12-10-18)26-22(31-27)13-28(2,3)14-23(26)32/h5-12,25,31H,13-14,16H2,1-4H3,(H,30,33)/t25-/m0/s1. The summed E-state index contributed by atoms with van der Waals surface area (Å²) < 4.78 is 5.29. The Morgan fingerprint density at radius 1 is 1.20 bits per heavy atom. The highest BCUT2D eigenvalue weighted by molar-refractivity contribution is 8.03. The van der Waals surface area contributed by atoms with Gasteiger partial charge in [-0.3, -0.25) is 9.59 Å². The number of nitriles is 1. The summed E-state index contributed by atoms with van der Waals surface area (Å²) >= 11 is 1.29. The molecular formula is C28H29N3O3S. The average molecular weight is 488 g/mol. The molecule has 0 radical (unpaired) electrons. The molecule has 35 heavy (non-hydrogen) atoms. The average Bonchev–Trinajstić information content (AvgIpc) is 2.82. The van der Waals surface area contributed by atoms with Crippen LogP contribution >= 0.6 is 11.8 Å². The quantitative estimate of drug-likeness (QED) is 0.564. The van der Waals surface area contributed by atoms with Gasteiger partial charge in [-0.05, 0) is 48.1 Å². The molecule has 2 aromatic carbocycles. The number of Topliss-reactive ketones (excluding diaryl/α,β-unsaturated/α-hetero) is 1. The highest BCUT2D eigenvalue weighted by Gasteiger charge is 2.42. The second-order valence-corrected chi connectivity index (χ2v) is 10.7. The van der Waals surface area contributed by atoms with Crippen molar-refractivity contribution in [2.75, 3.05) is 18.2 Å². The summed E-state index contributed by atoms with van der Waals surface area (Å²) in [5.41, 5.74) is 4.37. The number of anilines is 1. The normalized spacial score (nSPS) is 18.9. The van der Waals surface area contributed by atoms with Crippen molar-refractivity contribution in [1.29, 1.82) is 5.26 Å². The van der Waals surface area contributed by atoms with Crippen molar-refractivity contribution in [3.8, 4) is 11.8 Å². The van der Waals surface area contributed by atoms with Crippen LogP contribution in [0.15, 0.2) is 70.4 Å². The number of hydrogen-bond acceptors (Lipinski definition) is 6. The number of nitrogens with zero attached hydrogens (tertiary/aromatic N) is 1. The van der Waals surface area contributed by atoms with Crippen molar-refractivity contribution in [2.45, 2.75) is 39.5 Å².